The molecule has 0 heterocycles. The van der Waals surface area contributed by atoms with Gasteiger partial charge in [0.25, 0.3) is 0 Å². The van der Waals surface area contributed by atoms with Crippen molar-refractivity contribution in [1.82, 2.24) is 0 Å². The molecule has 0 atom stereocenters. The molecule has 0 saturated heterocycles. The van der Waals surface area contributed by atoms with Crippen LogP contribution in [-0.2, 0) is 0 Å². The average molecular weight is 255 g/mol. The summed E-state index contributed by atoms with van der Waals surface area (Å²) in [6, 6.07) is 17.1. The molecule has 0 aromatic heterocycles. The molecule has 99 valence electrons. The molecule has 2 nitrogen and oxygen atoms in total. The van der Waals surface area contributed by atoms with Crippen LogP contribution in [0.5, 0.6) is 11.5 Å². The summed E-state index contributed by atoms with van der Waals surface area (Å²) in [7, 11) is 0. The summed E-state index contributed by atoms with van der Waals surface area (Å²) < 4.78 is 11.1. The smallest absolute Gasteiger partial charge is 0.119 e. The maximum absolute atomic E-state index is 5.63. The second kappa shape index (κ2) is 6.83. The highest BCUT2D eigenvalue weighted by atomic mass is 16.5. The van der Waals surface area contributed by atoms with Crippen molar-refractivity contribution in [2.45, 2.75) is 20.3 Å². The molecule has 2 aromatic rings. The van der Waals surface area contributed by atoms with Crippen LogP contribution in [0.25, 0.3) is 11.1 Å². The quantitative estimate of drug-likeness (QED) is 0.764. The molecule has 0 saturated carbocycles. The van der Waals surface area contributed by atoms with E-state index < -0.39 is 0 Å². The molecule has 19 heavy (non-hydrogen) atoms. The fraction of sp³-hybridized carbons (Fsp3) is 0.294. The lowest BCUT2D eigenvalue weighted by atomic mass is 10.1. The van der Waals surface area contributed by atoms with Crippen LogP contribution < -0.4 is 9.47 Å². The highest BCUT2D eigenvalue weighted by Gasteiger charge is 2.01. The van der Waals surface area contributed by atoms with Crippen LogP contribution >= 0.6 is 0 Å². The van der Waals surface area contributed by atoms with E-state index in [4.69, 9.17) is 9.47 Å². The predicted octanol–water partition coefficient (Wildman–Crippen LogP) is 4.34. The van der Waals surface area contributed by atoms with Crippen LogP contribution in [0.3, 0.4) is 0 Å². The van der Waals surface area contributed by atoms with E-state index in [1.807, 2.05) is 49.4 Å². The number of hydrogen-bond donors (Lipinski definition) is 0. The Labute approximate surface area is 115 Å². The van der Waals surface area contributed by atoms with E-state index >= 15 is 0 Å². The molecular weight excluding hydrogens is 236 g/mol. The molecule has 0 amide bonds. The summed E-state index contributed by atoms with van der Waals surface area (Å²) in [5, 5.41) is 0. The number of rotatable bonds is 6. The molecule has 2 aromatic carbocycles. The molecule has 0 N–H and O–H groups in total. The lowest BCUT2D eigenvalue weighted by Gasteiger charge is -2.08. The van der Waals surface area contributed by atoms with E-state index in [0.717, 1.165) is 35.7 Å². The van der Waals surface area contributed by atoms with Gasteiger partial charge in [-0.2, -0.15) is 0 Å². The van der Waals surface area contributed by atoms with E-state index in [1.54, 1.807) is 0 Å². The molecule has 0 bridgehead atoms. The Hall–Kier alpha value is -1.96. The third-order valence-electron chi connectivity index (χ3n) is 2.72. The van der Waals surface area contributed by atoms with E-state index in [2.05, 4.69) is 13.0 Å². The molecule has 0 unspecified atom stereocenters. The lowest BCUT2D eigenvalue weighted by Crippen LogP contribution is -1.95. The minimum atomic E-state index is 0.686. The third kappa shape index (κ3) is 3.75. The van der Waals surface area contributed by atoms with Gasteiger partial charge in [0.2, 0.25) is 0 Å². The van der Waals surface area contributed by atoms with Crippen molar-refractivity contribution < 1.29 is 9.47 Å². The zero-order chi connectivity index (χ0) is 13.5. The van der Waals surface area contributed by atoms with Crippen LogP contribution in [0.2, 0.25) is 0 Å². The minimum absolute atomic E-state index is 0.686. The van der Waals surface area contributed by atoms with Gasteiger partial charge in [-0.3, -0.25) is 0 Å². The Balaban J connectivity index is 2.16. The fourth-order valence-corrected chi connectivity index (χ4v) is 1.82. The maximum Gasteiger partial charge on any atom is 0.119 e. The van der Waals surface area contributed by atoms with Gasteiger partial charge in [-0.1, -0.05) is 25.1 Å². The average Bonchev–Trinajstić information content (AvgIpc) is 2.46. The number of ether oxygens (including phenoxy) is 2. The highest BCUT2D eigenvalue weighted by Crippen LogP contribution is 2.25. The standard InChI is InChI=1S/C17H19O2/c1-3-12-19-17-7-5-6-15(13-17)14-8-10-16(11-9-14)18-4-2/h5,7-11,13H,3-4,12H2,1-2H3. The van der Waals surface area contributed by atoms with Crippen molar-refractivity contribution in [3.8, 4) is 22.6 Å². The van der Waals surface area contributed by atoms with Crippen molar-refractivity contribution in [1.29, 1.82) is 0 Å². The van der Waals surface area contributed by atoms with Gasteiger partial charge in [0.15, 0.2) is 0 Å². The zero-order valence-corrected chi connectivity index (χ0v) is 11.5. The largest absolute Gasteiger partial charge is 0.494 e. The monoisotopic (exact) mass is 255 g/mol. The van der Waals surface area contributed by atoms with Crippen molar-refractivity contribution in [2.24, 2.45) is 0 Å². The van der Waals surface area contributed by atoms with Gasteiger partial charge >= 0.3 is 0 Å². The zero-order valence-electron chi connectivity index (χ0n) is 11.5. The summed E-state index contributed by atoms with van der Waals surface area (Å²) in [4.78, 5) is 0. The summed E-state index contributed by atoms with van der Waals surface area (Å²) in [5.41, 5.74) is 2.15. The molecule has 0 fully saturated rings. The first-order valence-corrected chi connectivity index (χ1v) is 6.71. The summed E-state index contributed by atoms with van der Waals surface area (Å²) in [6.07, 6.45) is 1.01. The first kappa shape index (κ1) is 13.5. The van der Waals surface area contributed by atoms with Crippen LogP contribution in [0.15, 0.2) is 42.5 Å². The first-order valence-electron chi connectivity index (χ1n) is 6.71. The van der Waals surface area contributed by atoms with Crippen molar-refractivity contribution in [3.05, 3.63) is 48.5 Å². The minimum Gasteiger partial charge on any atom is -0.494 e. The van der Waals surface area contributed by atoms with Gasteiger partial charge < -0.3 is 9.47 Å². The summed E-state index contributed by atoms with van der Waals surface area (Å²) in [6.45, 7) is 5.51. The molecule has 2 heteroatoms. The van der Waals surface area contributed by atoms with Gasteiger partial charge in [0.05, 0.1) is 13.2 Å². The third-order valence-corrected chi connectivity index (χ3v) is 2.72. The molecule has 0 spiro atoms. The van der Waals surface area contributed by atoms with Gasteiger partial charge in [0, 0.05) is 0 Å². The van der Waals surface area contributed by atoms with Crippen LogP contribution in [0.1, 0.15) is 20.3 Å². The van der Waals surface area contributed by atoms with E-state index in [0.29, 0.717) is 6.61 Å². The first-order chi connectivity index (χ1) is 9.33. The Morgan fingerprint density at radius 3 is 2.42 bits per heavy atom. The van der Waals surface area contributed by atoms with Gasteiger partial charge in [-0.15, -0.1) is 0 Å². The Morgan fingerprint density at radius 1 is 0.947 bits per heavy atom. The summed E-state index contributed by atoms with van der Waals surface area (Å²) in [5.74, 6) is 1.79. The predicted molar refractivity (Wildman–Crippen MR) is 77.7 cm³/mol. The topological polar surface area (TPSA) is 18.5 Å². The Kier molecular flexibility index (Phi) is 4.85. The summed E-state index contributed by atoms with van der Waals surface area (Å²) >= 11 is 0. The second-order valence-electron chi connectivity index (χ2n) is 4.24. The van der Waals surface area contributed by atoms with E-state index in [-0.39, 0.29) is 0 Å². The van der Waals surface area contributed by atoms with Crippen molar-refractivity contribution >= 4 is 0 Å². The van der Waals surface area contributed by atoms with Crippen LogP contribution in [0.4, 0.5) is 0 Å². The van der Waals surface area contributed by atoms with Gasteiger partial charge in [-0.25, -0.2) is 0 Å². The van der Waals surface area contributed by atoms with Crippen LogP contribution in [0, 0.1) is 6.07 Å². The molecule has 0 aliphatic heterocycles. The van der Waals surface area contributed by atoms with Gasteiger partial charge in [0.1, 0.15) is 11.5 Å². The normalized spacial score (nSPS) is 10.2. The van der Waals surface area contributed by atoms with Crippen LogP contribution in [-0.4, -0.2) is 13.2 Å². The lowest BCUT2D eigenvalue weighted by molar-refractivity contribution is 0.317. The number of benzene rings is 2. The molecule has 1 radical (unpaired) electrons. The van der Waals surface area contributed by atoms with E-state index in [1.165, 1.54) is 0 Å². The highest BCUT2D eigenvalue weighted by molar-refractivity contribution is 5.65. The Morgan fingerprint density at radius 2 is 1.74 bits per heavy atom. The van der Waals surface area contributed by atoms with Crippen molar-refractivity contribution in [3.63, 3.8) is 0 Å². The maximum atomic E-state index is 5.63. The fourth-order valence-electron chi connectivity index (χ4n) is 1.82. The van der Waals surface area contributed by atoms with Crippen molar-refractivity contribution in [2.75, 3.05) is 13.2 Å². The number of hydrogen-bond acceptors (Lipinski definition) is 2. The van der Waals surface area contributed by atoms with Gasteiger partial charge in [-0.05, 0) is 54.8 Å². The SMILES string of the molecule is CCCOc1cc[c]c(-c2ccc(OCC)cc2)c1. The van der Waals surface area contributed by atoms with E-state index in [9.17, 15) is 0 Å². The molecular formula is C17H19O2. The molecule has 0 aliphatic rings. The Bertz CT molecular complexity index is 503. The second-order valence-corrected chi connectivity index (χ2v) is 4.24. The molecule has 0 aliphatic carbocycles. The molecule has 2 rings (SSSR count).